The minimum absolute atomic E-state index is 0.857. The molecule has 0 aromatic carbocycles. The van der Waals surface area contributed by atoms with Crippen LogP contribution in [0.1, 0.15) is 32.1 Å². The van der Waals surface area contributed by atoms with Crippen LogP contribution in [-0.4, -0.2) is 37.6 Å². The molecule has 1 saturated carbocycles. The second-order valence-corrected chi connectivity index (χ2v) is 4.72. The molecular formula is C11H22N2. The van der Waals surface area contributed by atoms with E-state index < -0.39 is 0 Å². The zero-order valence-electron chi connectivity index (χ0n) is 8.76. The Morgan fingerprint density at radius 1 is 1.15 bits per heavy atom. The summed E-state index contributed by atoms with van der Waals surface area (Å²) in [4.78, 5) is 2.60. The van der Waals surface area contributed by atoms with Crippen molar-refractivity contribution in [2.75, 3.05) is 26.7 Å². The van der Waals surface area contributed by atoms with Crippen LogP contribution in [0.2, 0.25) is 0 Å². The Morgan fingerprint density at radius 2 is 2.00 bits per heavy atom. The van der Waals surface area contributed by atoms with Gasteiger partial charge in [0.05, 0.1) is 0 Å². The van der Waals surface area contributed by atoms with Gasteiger partial charge in [0.25, 0.3) is 0 Å². The van der Waals surface area contributed by atoms with Crippen molar-refractivity contribution in [2.45, 2.75) is 38.1 Å². The molecule has 0 radical (unpaired) electrons. The van der Waals surface area contributed by atoms with Crippen LogP contribution in [0.25, 0.3) is 0 Å². The van der Waals surface area contributed by atoms with Crippen molar-refractivity contribution in [3.8, 4) is 0 Å². The third-order valence-corrected chi connectivity index (χ3v) is 3.41. The van der Waals surface area contributed by atoms with Gasteiger partial charge in [-0.05, 0) is 58.2 Å². The van der Waals surface area contributed by atoms with E-state index in [4.69, 9.17) is 0 Å². The molecule has 1 saturated heterocycles. The molecule has 1 aliphatic carbocycles. The van der Waals surface area contributed by atoms with Crippen LogP contribution in [-0.2, 0) is 0 Å². The summed E-state index contributed by atoms with van der Waals surface area (Å²) in [6, 6.07) is 0.857. The van der Waals surface area contributed by atoms with Crippen LogP contribution in [0.3, 0.4) is 0 Å². The summed E-state index contributed by atoms with van der Waals surface area (Å²) < 4.78 is 0. The first-order valence-corrected chi connectivity index (χ1v) is 5.77. The molecule has 76 valence electrons. The standard InChI is InChI=1S/C11H22N2/c1-13(9-10-4-5-10)11-3-2-7-12-8-6-11/h10-12H,2-9H2,1H3/t11-/m0/s1. The maximum absolute atomic E-state index is 3.47. The lowest BCUT2D eigenvalue weighted by atomic mass is 10.1. The highest BCUT2D eigenvalue weighted by Crippen LogP contribution is 2.30. The predicted molar refractivity (Wildman–Crippen MR) is 55.9 cm³/mol. The van der Waals surface area contributed by atoms with Gasteiger partial charge in [-0.1, -0.05) is 0 Å². The topological polar surface area (TPSA) is 15.3 Å². The Morgan fingerprint density at radius 3 is 2.77 bits per heavy atom. The van der Waals surface area contributed by atoms with Crippen molar-refractivity contribution in [1.29, 1.82) is 0 Å². The van der Waals surface area contributed by atoms with Crippen molar-refractivity contribution < 1.29 is 0 Å². The van der Waals surface area contributed by atoms with E-state index in [0.29, 0.717) is 0 Å². The van der Waals surface area contributed by atoms with Gasteiger partial charge in [-0.15, -0.1) is 0 Å². The predicted octanol–water partition coefficient (Wildman–Crippen LogP) is 1.47. The van der Waals surface area contributed by atoms with E-state index in [1.54, 1.807) is 0 Å². The zero-order chi connectivity index (χ0) is 9.10. The third-order valence-electron chi connectivity index (χ3n) is 3.41. The molecule has 1 heterocycles. The maximum atomic E-state index is 3.47. The lowest BCUT2D eigenvalue weighted by Gasteiger charge is -2.26. The first kappa shape index (κ1) is 9.47. The molecule has 2 nitrogen and oxygen atoms in total. The highest BCUT2D eigenvalue weighted by molar-refractivity contribution is 4.80. The van der Waals surface area contributed by atoms with Gasteiger partial charge in [-0.3, -0.25) is 0 Å². The largest absolute Gasteiger partial charge is 0.317 e. The molecule has 0 aromatic heterocycles. The van der Waals surface area contributed by atoms with Crippen LogP contribution in [0.15, 0.2) is 0 Å². The second kappa shape index (κ2) is 4.43. The summed E-state index contributed by atoms with van der Waals surface area (Å²) in [6.07, 6.45) is 7.07. The van der Waals surface area contributed by atoms with Crippen molar-refractivity contribution in [1.82, 2.24) is 10.2 Å². The lowest BCUT2D eigenvalue weighted by molar-refractivity contribution is 0.216. The van der Waals surface area contributed by atoms with Crippen LogP contribution in [0.5, 0.6) is 0 Å². The fraction of sp³-hybridized carbons (Fsp3) is 1.00. The molecule has 1 atom stereocenters. The van der Waals surface area contributed by atoms with Crippen molar-refractivity contribution in [3.05, 3.63) is 0 Å². The van der Waals surface area contributed by atoms with E-state index in [1.165, 1.54) is 51.7 Å². The summed E-state index contributed by atoms with van der Waals surface area (Å²) in [7, 11) is 2.31. The molecule has 2 rings (SSSR count). The van der Waals surface area contributed by atoms with E-state index in [0.717, 1.165) is 12.0 Å². The van der Waals surface area contributed by atoms with Gasteiger partial charge in [-0.2, -0.15) is 0 Å². The van der Waals surface area contributed by atoms with Gasteiger partial charge < -0.3 is 10.2 Å². The Balaban J connectivity index is 1.74. The quantitative estimate of drug-likeness (QED) is 0.711. The summed E-state index contributed by atoms with van der Waals surface area (Å²) in [5.74, 6) is 1.04. The van der Waals surface area contributed by atoms with Crippen molar-refractivity contribution in [2.24, 2.45) is 5.92 Å². The zero-order valence-corrected chi connectivity index (χ0v) is 8.76. The lowest BCUT2D eigenvalue weighted by Crippen LogP contribution is -2.33. The normalized spacial score (nSPS) is 30.5. The molecule has 2 aliphatic rings. The highest BCUT2D eigenvalue weighted by atomic mass is 15.1. The minimum Gasteiger partial charge on any atom is -0.317 e. The summed E-state index contributed by atoms with van der Waals surface area (Å²) in [6.45, 7) is 3.80. The molecular weight excluding hydrogens is 160 g/mol. The highest BCUT2D eigenvalue weighted by Gasteiger charge is 2.26. The molecule has 2 heteroatoms. The number of nitrogens with zero attached hydrogens (tertiary/aromatic N) is 1. The Labute approximate surface area is 81.7 Å². The Kier molecular flexibility index (Phi) is 3.23. The van der Waals surface area contributed by atoms with Gasteiger partial charge >= 0.3 is 0 Å². The first-order chi connectivity index (χ1) is 6.36. The van der Waals surface area contributed by atoms with Crippen LogP contribution in [0, 0.1) is 5.92 Å². The van der Waals surface area contributed by atoms with Gasteiger partial charge in [0.15, 0.2) is 0 Å². The number of hydrogen-bond acceptors (Lipinski definition) is 2. The van der Waals surface area contributed by atoms with E-state index in [2.05, 4.69) is 17.3 Å². The average molecular weight is 182 g/mol. The molecule has 1 N–H and O–H groups in total. The number of rotatable bonds is 3. The molecule has 1 aliphatic heterocycles. The first-order valence-electron chi connectivity index (χ1n) is 5.77. The van der Waals surface area contributed by atoms with E-state index in [9.17, 15) is 0 Å². The fourth-order valence-electron chi connectivity index (χ4n) is 2.30. The molecule has 2 fully saturated rings. The Hall–Kier alpha value is -0.0800. The third kappa shape index (κ3) is 2.96. The molecule has 0 amide bonds. The number of hydrogen-bond donors (Lipinski definition) is 1. The van der Waals surface area contributed by atoms with E-state index in [-0.39, 0.29) is 0 Å². The van der Waals surface area contributed by atoms with Crippen LogP contribution < -0.4 is 5.32 Å². The summed E-state index contributed by atoms with van der Waals surface area (Å²) >= 11 is 0. The average Bonchev–Trinajstić information content (AvgIpc) is 2.87. The minimum atomic E-state index is 0.857. The molecule has 0 bridgehead atoms. The molecule has 0 unspecified atom stereocenters. The van der Waals surface area contributed by atoms with E-state index >= 15 is 0 Å². The van der Waals surface area contributed by atoms with Crippen molar-refractivity contribution in [3.63, 3.8) is 0 Å². The van der Waals surface area contributed by atoms with Crippen molar-refractivity contribution >= 4 is 0 Å². The maximum Gasteiger partial charge on any atom is 0.0105 e. The Bertz CT molecular complexity index is 146. The van der Waals surface area contributed by atoms with Gasteiger partial charge in [0.2, 0.25) is 0 Å². The summed E-state index contributed by atoms with van der Waals surface area (Å²) in [5, 5.41) is 3.47. The molecule has 0 spiro atoms. The van der Waals surface area contributed by atoms with Gasteiger partial charge in [-0.25, -0.2) is 0 Å². The van der Waals surface area contributed by atoms with Crippen LogP contribution in [0.4, 0.5) is 0 Å². The summed E-state index contributed by atoms with van der Waals surface area (Å²) in [5.41, 5.74) is 0. The molecule has 0 aromatic rings. The molecule has 13 heavy (non-hydrogen) atoms. The van der Waals surface area contributed by atoms with Gasteiger partial charge in [0.1, 0.15) is 0 Å². The SMILES string of the molecule is CN(CC1CC1)[C@H]1CCCNCC1. The van der Waals surface area contributed by atoms with E-state index in [1.807, 2.05) is 0 Å². The fourth-order valence-corrected chi connectivity index (χ4v) is 2.30. The van der Waals surface area contributed by atoms with Crippen LogP contribution >= 0.6 is 0 Å². The number of nitrogens with one attached hydrogen (secondary N) is 1. The monoisotopic (exact) mass is 182 g/mol. The second-order valence-electron chi connectivity index (χ2n) is 4.72. The smallest absolute Gasteiger partial charge is 0.0105 e. The van der Waals surface area contributed by atoms with Gasteiger partial charge in [0, 0.05) is 12.6 Å².